The van der Waals surface area contributed by atoms with Crippen LogP contribution >= 0.6 is 11.5 Å². The third-order valence-corrected chi connectivity index (χ3v) is 2.65. The summed E-state index contributed by atoms with van der Waals surface area (Å²) in [6, 6.07) is 0. The molecule has 0 radical (unpaired) electrons. The summed E-state index contributed by atoms with van der Waals surface area (Å²) in [5, 5.41) is 13.6. The first-order valence-corrected chi connectivity index (χ1v) is 4.99. The number of aromatic nitrogens is 2. The van der Waals surface area contributed by atoms with Gasteiger partial charge in [0.1, 0.15) is 0 Å². The first-order chi connectivity index (χ1) is 6.29. The highest BCUT2D eigenvalue weighted by Crippen LogP contribution is 2.24. The molecule has 0 amide bonds. The fraction of sp³-hybridized carbons (Fsp3) is 0.556. The Balaban J connectivity index is 2.65. The highest BCUT2D eigenvalue weighted by molar-refractivity contribution is 7.05. The van der Waals surface area contributed by atoms with Gasteiger partial charge >= 0.3 is 0 Å². The lowest BCUT2D eigenvalue weighted by Crippen LogP contribution is -1.98. The average Bonchev–Trinajstić information content (AvgIpc) is 2.61. The number of nitrogens with zero attached hydrogens (tertiary/aromatic N) is 2. The Kier molecular flexibility index (Phi) is 3.87. The topological polar surface area (TPSA) is 46.0 Å². The highest BCUT2D eigenvalue weighted by Gasteiger charge is 2.14. The zero-order chi connectivity index (χ0) is 9.68. The van der Waals surface area contributed by atoms with E-state index in [0.717, 1.165) is 17.0 Å². The Morgan fingerprint density at radius 1 is 1.69 bits per heavy atom. The predicted octanol–water partition coefficient (Wildman–Crippen LogP) is 1.55. The van der Waals surface area contributed by atoms with Crippen molar-refractivity contribution < 1.29 is 5.11 Å². The summed E-state index contributed by atoms with van der Waals surface area (Å²) >= 11 is 1.25. The van der Waals surface area contributed by atoms with Crippen molar-refractivity contribution in [2.75, 3.05) is 0 Å². The number of aliphatic hydroxyl groups excluding tert-OH is 1. The van der Waals surface area contributed by atoms with Gasteiger partial charge in [0.25, 0.3) is 0 Å². The third-order valence-electron chi connectivity index (χ3n) is 1.78. The molecule has 13 heavy (non-hydrogen) atoms. The molecule has 0 fully saturated rings. The molecule has 0 aliphatic heterocycles. The lowest BCUT2D eigenvalue weighted by atomic mass is 10.1. The van der Waals surface area contributed by atoms with E-state index < -0.39 is 6.10 Å². The summed E-state index contributed by atoms with van der Waals surface area (Å²) in [6.45, 7) is 1.99. The maximum atomic E-state index is 9.69. The number of rotatable bonds is 4. The van der Waals surface area contributed by atoms with Gasteiger partial charge < -0.3 is 5.11 Å². The maximum absolute atomic E-state index is 9.69. The van der Waals surface area contributed by atoms with Crippen LogP contribution in [0.15, 0.2) is 0 Å². The van der Waals surface area contributed by atoms with Crippen molar-refractivity contribution in [2.24, 2.45) is 0 Å². The van der Waals surface area contributed by atoms with E-state index in [1.54, 1.807) is 0 Å². The minimum Gasteiger partial charge on any atom is -0.387 e. The van der Waals surface area contributed by atoms with E-state index in [-0.39, 0.29) is 0 Å². The van der Waals surface area contributed by atoms with Gasteiger partial charge in [-0.3, -0.25) is 0 Å². The zero-order valence-electron chi connectivity index (χ0n) is 7.53. The zero-order valence-corrected chi connectivity index (χ0v) is 8.34. The SMILES string of the molecule is C#CCCC(O)c1snnc1CC. The second-order valence-corrected chi connectivity index (χ2v) is 3.48. The molecule has 3 nitrogen and oxygen atoms in total. The molecule has 1 N–H and O–H groups in total. The van der Waals surface area contributed by atoms with Crippen LogP contribution in [0.5, 0.6) is 0 Å². The van der Waals surface area contributed by atoms with Gasteiger partial charge in [0, 0.05) is 6.42 Å². The quantitative estimate of drug-likeness (QED) is 0.743. The van der Waals surface area contributed by atoms with Crippen molar-refractivity contribution in [2.45, 2.75) is 32.3 Å². The van der Waals surface area contributed by atoms with E-state index >= 15 is 0 Å². The van der Waals surface area contributed by atoms with Crippen LogP contribution in [0.3, 0.4) is 0 Å². The van der Waals surface area contributed by atoms with Gasteiger partial charge in [-0.15, -0.1) is 17.4 Å². The summed E-state index contributed by atoms with van der Waals surface area (Å²) in [4.78, 5) is 0.859. The van der Waals surface area contributed by atoms with Gasteiger partial charge in [0.05, 0.1) is 16.7 Å². The second kappa shape index (κ2) is 4.95. The van der Waals surface area contributed by atoms with Crippen LogP contribution in [-0.2, 0) is 6.42 Å². The maximum Gasteiger partial charge on any atom is 0.0926 e. The van der Waals surface area contributed by atoms with Gasteiger partial charge in [-0.2, -0.15) is 0 Å². The molecular weight excluding hydrogens is 184 g/mol. The lowest BCUT2D eigenvalue weighted by molar-refractivity contribution is 0.172. The van der Waals surface area contributed by atoms with Crippen molar-refractivity contribution in [1.29, 1.82) is 0 Å². The summed E-state index contributed by atoms with van der Waals surface area (Å²) in [5.41, 5.74) is 0.884. The van der Waals surface area contributed by atoms with E-state index in [1.165, 1.54) is 11.5 Å². The van der Waals surface area contributed by atoms with Crippen molar-refractivity contribution in [3.05, 3.63) is 10.6 Å². The van der Waals surface area contributed by atoms with Gasteiger partial charge in [-0.05, 0) is 24.4 Å². The van der Waals surface area contributed by atoms with Crippen molar-refractivity contribution >= 4 is 11.5 Å². The van der Waals surface area contributed by atoms with Crippen LogP contribution in [0.2, 0.25) is 0 Å². The highest BCUT2D eigenvalue weighted by atomic mass is 32.1. The smallest absolute Gasteiger partial charge is 0.0926 e. The molecule has 1 atom stereocenters. The van der Waals surface area contributed by atoms with Crippen molar-refractivity contribution in [3.8, 4) is 12.3 Å². The van der Waals surface area contributed by atoms with E-state index in [0.29, 0.717) is 12.8 Å². The molecule has 0 aliphatic carbocycles. The minimum absolute atomic E-state index is 0.494. The minimum atomic E-state index is -0.494. The molecule has 0 aliphatic rings. The molecule has 1 aromatic rings. The summed E-state index contributed by atoms with van der Waals surface area (Å²) in [7, 11) is 0. The number of hydrogen-bond donors (Lipinski definition) is 1. The van der Waals surface area contributed by atoms with Crippen LogP contribution in [0.25, 0.3) is 0 Å². The molecule has 0 saturated carbocycles. The summed E-state index contributed by atoms with van der Waals surface area (Å²) in [5.74, 6) is 2.50. The molecule has 0 bridgehead atoms. The first kappa shape index (κ1) is 10.2. The van der Waals surface area contributed by atoms with Crippen LogP contribution in [0.4, 0.5) is 0 Å². The molecule has 1 unspecified atom stereocenters. The lowest BCUT2D eigenvalue weighted by Gasteiger charge is -2.05. The number of aryl methyl sites for hydroxylation is 1. The Labute approximate surface area is 82.0 Å². The molecule has 1 heterocycles. The van der Waals surface area contributed by atoms with Crippen LogP contribution < -0.4 is 0 Å². The Bertz CT molecular complexity index is 303. The molecule has 0 saturated heterocycles. The van der Waals surface area contributed by atoms with Gasteiger partial charge in [0.15, 0.2) is 0 Å². The van der Waals surface area contributed by atoms with Crippen LogP contribution in [-0.4, -0.2) is 14.7 Å². The van der Waals surface area contributed by atoms with E-state index in [4.69, 9.17) is 6.42 Å². The molecule has 4 heteroatoms. The standard InChI is InChI=1S/C9H12N2OS/c1-3-5-6-8(12)9-7(4-2)10-11-13-9/h1,8,12H,4-6H2,2H3. The number of terminal acetylenes is 1. The number of hydrogen-bond acceptors (Lipinski definition) is 4. The normalized spacial score (nSPS) is 12.4. The molecule has 1 rings (SSSR count). The molecule has 0 spiro atoms. The summed E-state index contributed by atoms with van der Waals surface area (Å²) in [6.07, 6.45) is 6.60. The molecule has 1 aromatic heterocycles. The Morgan fingerprint density at radius 2 is 2.46 bits per heavy atom. The van der Waals surface area contributed by atoms with E-state index in [2.05, 4.69) is 15.5 Å². The predicted molar refractivity (Wildman–Crippen MR) is 52.3 cm³/mol. The van der Waals surface area contributed by atoms with Crippen LogP contribution in [0, 0.1) is 12.3 Å². The molecular formula is C9H12N2OS. The van der Waals surface area contributed by atoms with E-state index in [1.807, 2.05) is 6.92 Å². The van der Waals surface area contributed by atoms with Gasteiger partial charge in [-0.25, -0.2) is 0 Å². The van der Waals surface area contributed by atoms with Crippen LogP contribution in [0.1, 0.15) is 36.4 Å². The average molecular weight is 196 g/mol. The second-order valence-electron chi connectivity index (χ2n) is 2.70. The van der Waals surface area contributed by atoms with Crippen molar-refractivity contribution in [1.82, 2.24) is 9.59 Å². The third kappa shape index (κ3) is 2.51. The first-order valence-electron chi connectivity index (χ1n) is 4.22. The van der Waals surface area contributed by atoms with E-state index in [9.17, 15) is 5.11 Å². The largest absolute Gasteiger partial charge is 0.387 e. The summed E-state index contributed by atoms with van der Waals surface area (Å²) < 4.78 is 3.80. The fourth-order valence-corrected chi connectivity index (χ4v) is 1.82. The monoisotopic (exact) mass is 196 g/mol. The van der Waals surface area contributed by atoms with Gasteiger partial charge in [-0.1, -0.05) is 11.4 Å². The Morgan fingerprint density at radius 3 is 3.08 bits per heavy atom. The molecule has 70 valence electrons. The number of aliphatic hydroxyl groups is 1. The Hall–Kier alpha value is -0.920. The van der Waals surface area contributed by atoms with Crippen molar-refractivity contribution in [3.63, 3.8) is 0 Å². The molecule has 0 aromatic carbocycles. The van der Waals surface area contributed by atoms with Gasteiger partial charge in [0.2, 0.25) is 0 Å². The fourth-order valence-electron chi connectivity index (χ4n) is 1.06.